The molecule has 3 aromatic rings. The van der Waals surface area contributed by atoms with Gasteiger partial charge in [0.2, 0.25) is 0 Å². The van der Waals surface area contributed by atoms with Gasteiger partial charge in [-0.3, -0.25) is 4.99 Å². The van der Waals surface area contributed by atoms with Gasteiger partial charge < -0.3 is 4.74 Å². The lowest BCUT2D eigenvalue weighted by molar-refractivity contribution is 0.306. The highest BCUT2D eigenvalue weighted by Crippen LogP contribution is 2.24. The number of aryl methyl sites for hydroxylation is 1. The smallest absolute Gasteiger partial charge is 0.128 e. The van der Waals surface area contributed by atoms with Crippen LogP contribution < -0.4 is 4.74 Å². The average Bonchev–Trinajstić information content (AvgIpc) is 2.66. The van der Waals surface area contributed by atoms with E-state index in [4.69, 9.17) is 16.3 Å². The van der Waals surface area contributed by atoms with Crippen molar-refractivity contribution in [3.8, 4) is 5.75 Å². The third-order valence-electron chi connectivity index (χ3n) is 3.95. The van der Waals surface area contributed by atoms with E-state index < -0.39 is 0 Å². The van der Waals surface area contributed by atoms with Crippen LogP contribution in [0.4, 0.5) is 5.69 Å². The normalized spacial score (nSPS) is 11.0. The quantitative estimate of drug-likeness (QED) is 0.387. The molecular formula is C22H19BrClNO. The highest BCUT2D eigenvalue weighted by atomic mass is 79.9. The van der Waals surface area contributed by atoms with E-state index in [1.165, 1.54) is 5.56 Å². The van der Waals surface area contributed by atoms with Crippen LogP contribution >= 0.6 is 27.5 Å². The molecule has 0 fully saturated rings. The molecule has 0 spiro atoms. The minimum Gasteiger partial charge on any atom is -0.488 e. The van der Waals surface area contributed by atoms with Crippen LogP contribution in [-0.4, -0.2) is 6.21 Å². The predicted molar refractivity (Wildman–Crippen MR) is 113 cm³/mol. The highest BCUT2D eigenvalue weighted by molar-refractivity contribution is 9.10. The zero-order chi connectivity index (χ0) is 18.4. The molecule has 0 aliphatic carbocycles. The fraction of sp³-hybridized carbons (Fsp3) is 0.136. The van der Waals surface area contributed by atoms with E-state index >= 15 is 0 Å². The Balaban J connectivity index is 1.77. The number of hydrogen-bond acceptors (Lipinski definition) is 2. The number of halogens is 2. The van der Waals surface area contributed by atoms with Gasteiger partial charge in [0, 0.05) is 21.3 Å². The molecule has 0 saturated heterocycles. The first-order valence-corrected chi connectivity index (χ1v) is 9.61. The fourth-order valence-electron chi connectivity index (χ4n) is 2.50. The van der Waals surface area contributed by atoms with E-state index in [2.05, 4.69) is 40.0 Å². The van der Waals surface area contributed by atoms with Crippen LogP contribution in [-0.2, 0) is 13.0 Å². The zero-order valence-electron chi connectivity index (χ0n) is 14.5. The van der Waals surface area contributed by atoms with Gasteiger partial charge >= 0.3 is 0 Å². The molecular weight excluding hydrogens is 410 g/mol. The maximum Gasteiger partial charge on any atom is 0.128 e. The number of hydrogen-bond donors (Lipinski definition) is 0. The lowest BCUT2D eigenvalue weighted by atomic mass is 10.1. The van der Waals surface area contributed by atoms with E-state index in [0.29, 0.717) is 11.6 Å². The molecule has 0 amide bonds. The zero-order valence-corrected chi connectivity index (χ0v) is 16.8. The van der Waals surface area contributed by atoms with Crippen molar-refractivity contribution in [2.24, 2.45) is 4.99 Å². The van der Waals surface area contributed by atoms with E-state index in [1.807, 2.05) is 60.8 Å². The molecule has 0 atom stereocenters. The Bertz CT molecular complexity index is 906. The maximum atomic E-state index is 6.03. The first-order chi connectivity index (χ1) is 12.6. The van der Waals surface area contributed by atoms with Gasteiger partial charge in [0.1, 0.15) is 12.4 Å². The van der Waals surface area contributed by atoms with E-state index in [0.717, 1.165) is 33.5 Å². The summed E-state index contributed by atoms with van der Waals surface area (Å²) in [5.74, 6) is 0.780. The molecule has 26 heavy (non-hydrogen) atoms. The molecule has 0 aromatic heterocycles. The molecule has 0 aliphatic heterocycles. The molecule has 0 heterocycles. The van der Waals surface area contributed by atoms with Crippen molar-refractivity contribution in [2.75, 3.05) is 0 Å². The molecule has 4 heteroatoms. The van der Waals surface area contributed by atoms with E-state index in [9.17, 15) is 0 Å². The Morgan fingerprint density at radius 1 is 1.00 bits per heavy atom. The van der Waals surface area contributed by atoms with Crippen LogP contribution in [0, 0.1) is 0 Å². The van der Waals surface area contributed by atoms with Crippen molar-refractivity contribution < 1.29 is 4.74 Å². The molecule has 0 bridgehead atoms. The van der Waals surface area contributed by atoms with E-state index in [-0.39, 0.29) is 0 Å². The number of aliphatic imine (C=N–C) groups is 1. The largest absolute Gasteiger partial charge is 0.488 e. The third-order valence-corrected chi connectivity index (χ3v) is 4.68. The SMILES string of the molecule is CCc1ccc(N=Cc2cc(Br)ccc2OCc2cccc(Cl)c2)cc1. The monoisotopic (exact) mass is 427 g/mol. The molecule has 0 aliphatic rings. The van der Waals surface area contributed by atoms with Gasteiger partial charge in [-0.2, -0.15) is 0 Å². The maximum absolute atomic E-state index is 6.03. The summed E-state index contributed by atoms with van der Waals surface area (Å²) in [5, 5.41) is 0.708. The van der Waals surface area contributed by atoms with Crippen LogP contribution in [0.25, 0.3) is 0 Å². The van der Waals surface area contributed by atoms with Gasteiger partial charge in [0.15, 0.2) is 0 Å². The Hall–Kier alpha value is -2.10. The van der Waals surface area contributed by atoms with Gasteiger partial charge in [-0.15, -0.1) is 0 Å². The molecule has 2 nitrogen and oxygen atoms in total. The number of rotatable bonds is 6. The highest BCUT2D eigenvalue weighted by Gasteiger charge is 2.04. The van der Waals surface area contributed by atoms with Crippen LogP contribution in [0.1, 0.15) is 23.6 Å². The van der Waals surface area contributed by atoms with Crippen molar-refractivity contribution in [3.63, 3.8) is 0 Å². The number of ether oxygens (including phenoxy) is 1. The standard InChI is InChI=1S/C22H19BrClNO/c1-2-16-6-9-21(10-7-16)25-14-18-13-19(23)8-11-22(18)26-15-17-4-3-5-20(24)12-17/h3-14H,2,15H2,1H3. The number of benzene rings is 3. The first kappa shape index (κ1) is 18.7. The van der Waals surface area contributed by atoms with Crippen LogP contribution in [0.3, 0.4) is 0 Å². The summed E-state index contributed by atoms with van der Waals surface area (Å²) >= 11 is 9.55. The van der Waals surface area contributed by atoms with Crippen molar-refractivity contribution in [3.05, 3.63) is 92.9 Å². The molecule has 0 saturated carbocycles. The molecule has 0 unspecified atom stereocenters. The summed E-state index contributed by atoms with van der Waals surface area (Å²) in [5.41, 5.74) is 4.17. The van der Waals surface area contributed by atoms with Crippen molar-refractivity contribution in [1.29, 1.82) is 0 Å². The molecule has 3 aromatic carbocycles. The molecule has 0 N–H and O–H groups in total. The van der Waals surface area contributed by atoms with Crippen molar-refractivity contribution >= 4 is 39.4 Å². The fourth-order valence-corrected chi connectivity index (χ4v) is 3.09. The van der Waals surface area contributed by atoms with Crippen molar-refractivity contribution in [1.82, 2.24) is 0 Å². The van der Waals surface area contributed by atoms with Crippen LogP contribution in [0.5, 0.6) is 5.75 Å². The lowest BCUT2D eigenvalue weighted by Gasteiger charge is -2.10. The Morgan fingerprint density at radius 2 is 1.81 bits per heavy atom. The second kappa shape index (κ2) is 9.02. The predicted octanol–water partition coefficient (Wildman–Crippen LogP) is 6.99. The Labute approximate surface area is 167 Å². The summed E-state index contributed by atoms with van der Waals surface area (Å²) in [6, 6.07) is 21.8. The Kier molecular flexibility index (Phi) is 6.48. The molecule has 132 valence electrons. The summed E-state index contributed by atoms with van der Waals surface area (Å²) in [4.78, 5) is 4.58. The second-order valence-electron chi connectivity index (χ2n) is 5.88. The van der Waals surface area contributed by atoms with Gasteiger partial charge in [0.05, 0.1) is 5.69 Å². The minimum absolute atomic E-state index is 0.453. The number of nitrogens with zero attached hydrogens (tertiary/aromatic N) is 1. The lowest BCUT2D eigenvalue weighted by Crippen LogP contribution is -1.98. The van der Waals surface area contributed by atoms with Gasteiger partial charge in [-0.1, -0.05) is 58.7 Å². The van der Waals surface area contributed by atoms with Crippen LogP contribution in [0.15, 0.2) is 76.2 Å². The van der Waals surface area contributed by atoms with Crippen LogP contribution in [0.2, 0.25) is 5.02 Å². The van der Waals surface area contributed by atoms with E-state index in [1.54, 1.807) is 0 Å². The van der Waals surface area contributed by atoms with Gasteiger partial charge in [0.25, 0.3) is 0 Å². The van der Waals surface area contributed by atoms with Gasteiger partial charge in [-0.25, -0.2) is 0 Å². The summed E-state index contributed by atoms with van der Waals surface area (Å²) in [7, 11) is 0. The van der Waals surface area contributed by atoms with Gasteiger partial charge in [-0.05, 0) is 60.0 Å². The van der Waals surface area contributed by atoms with Crippen molar-refractivity contribution in [2.45, 2.75) is 20.0 Å². The third kappa shape index (κ3) is 5.20. The summed E-state index contributed by atoms with van der Waals surface area (Å²) < 4.78 is 6.97. The molecule has 0 radical (unpaired) electrons. The Morgan fingerprint density at radius 3 is 2.54 bits per heavy atom. The average molecular weight is 429 g/mol. The topological polar surface area (TPSA) is 21.6 Å². The summed E-state index contributed by atoms with van der Waals surface area (Å²) in [6.07, 6.45) is 2.86. The second-order valence-corrected chi connectivity index (χ2v) is 7.23. The minimum atomic E-state index is 0.453. The molecule has 3 rings (SSSR count). The summed E-state index contributed by atoms with van der Waals surface area (Å²) in [6.45, 7) is 2.59. The first-order valence-electron chi connectivity index (χ1n) is 8.44.